The van der Waals surface area contributed by atoms with Crippen molar-refractivity contribution in [2.45, 2.75) is 10.9 Å². The Morgan fingerprint density at radius 2 is 1.68 bits per heavy atom. The van der Waals surface area contributed by atoms with Gasteiger partial charge < -0.3 is 0 Å². The number of rotatable bonds is 6. The highest BCUT2D eigenvalue weighted by molar-refractivity contribution is 7.89. The predicted octanol–water partition coefficient (Wildman–Crippen LogP) is 2.80. The molecule has 0 saturated heterocycles. The molecule has 0 spiro atoms. The van der Waals surface area contributed by atoms with E-state index < -0.39 is 26.7 Å². The van der Waals surface area contributed by atoms with E-state index in [-0.39, 0.29) is 4.90 Å². The van der Waals surface area contributed by atoms with Gasteiger partial charge in [0.1, 0.15) is 0 Å². The minimum atomic E-state index is -4.06. The number of para-hydroxylation sites is 1. The first kappa shape index (κ1) is 15.9. The van der Waals surface area contributed by atoms with Gasteiger partial charge >= 0.3 is 0 Å². The molecule has 2 aromatic rings. The fraction of sp³-hybridized carbons (Fsp3) is 0.0667. The van der Waals surface area contributed by atoms with E-state index in [0.717, 1.165) is 6.07 Å². The largest absolute Gasteiger partial charge is 0.289 e. The Bertz CT molecular complexity index is 788. The van der Waals surface area contributed by atoms with Crippen LogP contribution in [-0.4, -0.2) is 13.3 Å². The van der Waals surface area contributed by atoms with Crippen molar-refractivity contribution in [1.82, 2.24) is 4.72 Å². The number of sulfonamides is 1. The van der Waals surface area contributed by atoms with Gasteiger partial charge in [0.25, 0.3) is 5.69 Å². The van der Waals surface area contributed by atoms with Crippen LogP contribution in [0.5, 0.6) is 0 Å². The molecule has 0 aromatic heterocycles. The summed E-state index contributed by atoms with van der Waals surface area (Å²) in [5, 5.41) is 11.0. The van der Waals surface area contributed by atoms with Gasteiger partial charge in [0.15, 0.2) is 4.90 Å². The van der Waals surface area contributed by atoms with Crippen LogP contribution < -0.4 is 4.72 Å². The number of hydrogen-bond acceptors (Lipinski definition) is 4. The van der Waals surface area contributed by atoms with Crippen LogP contribution in [0.2, 0.25) is 0 Å². The van der Waals surface area contributed by atoms with Crippen molar-refractivity contribution in [2.24, 2.45) is 0 Å². The molecule has 0 amide bonds. The van der Waals surface area contributed by atoms with Gasteiger partial charge in [-0.05, 0) is 11.6 Å². The number of benzene rings is 2. The number of nitrogens with one attached hydrogen (secondary N) is 1. The molecular weight excluding hydrogens is 304 g/mol. The van der Waals surface area contributed by atoms with Crippen molar-refractivity contribution in [3.8, 4) is 0 Å². The van der Waals surface area contributed by atoms with E-state index in [1.807, 2.05) is 0 Å². The second kappa shape index (κ2) is 6.50. The Morgan fingerprint density at radius 1 is 1.09 bits per heavy atom. The average Bonchev–Trinajstić information content (AvgIpc) is 2.53. The zero-order chi connectivity index (χ0) is 16.2. The highest BCUT2D eigenvalue weighted by Gasteiger charge is 2.27. The molecule has 1 N–H and O–H groups in total. The van der Waals surface area contributed by atoms with Crippen molar-refractivity contribution in [1.29, 1.82) is 0 Å². The van der Waals surface area contributed by atoms with E-state index >= 15 is 0 Å². The lowest BCUT2D eigenvalue weighted by Crippen LogP contribution is -2.28. The zero-order valence-corrected chi connectivity index (χ0v) is 12.4. The van der Waals surface area contributed by atoms with E-state index in [9.17, 15) is 18.5 Å². The number of nitro groups is 1. The molecule has 7 heteroatoms. The highest BCUT2D eigenvalue weighted by Crippen LogP contribution is 2.25. The molecule has 0 unspecified atom stereocenters. The molecule has 22 heavy (non-hydrogen) atoms. The first-order chi connectivity index (χ1) is 10.5. The van der Waals surface area contributed by atoms with Gasteiger partial charge in [-0.15, -0.1) is 6.58 Å². The number of nitro benzene ring substituents is 1. The molecule has 0 aliphatic rings. The fourth-order valence-corrected chi connectivity index (χ4v) is 3.35. The van der Waals surface area contributed by atoms with Gasteiger partial charge in [-0.3, -0.25) is 10.1 Å². The zero-order valence-electron chi connectivity index (χ0n) is 11.5. The smallest absolute Gasteiger partial charge is 0.258 e. The summed E-state index contributed by atoms with van der Waals surface area (Å²) in [6.07, 6.45) is 1.43. The summed E-state index contributed by atoms with van der Waals surface area (Å²) in [6, 6.07) is 13.4. The lowest BCUT2D eigenvalue weighted by molar-refractivity contribution is -0.387. The maximum atomic E-state index is 12.4. The summed E-state index contributed by atoms with van der Waals surface area (Å²) in [7, 11) is -4.06. The molecule has 1 atom stereocenters. The minimum absolute atomic E-state index is 0.372. The van der Waals surface area contributed by atoms with E-state index in [0.29, 0.717) is 5.56 Å². The van der Waals surface area contributed by atoms with Crippen molar-refractivity contribution in [2.75, 3.05) is 0 Å². The maximum absolute atomic E-state index is 12.4. The minimum Gasteiger partial charge on any atom is -0.258 e. The van der Waals surface area contributed by atoms with Crippen LogP contribution in [-0.2, 0) is 10.0 Å². The predicted molar refractivity (Wildman–Crippen MR) is 82.8 cm³/mol. The fourth-order valence-electron chi connectivity index (χ4n) is 1.98. The summed E-state index contributed by atoms with van der Waals surface area (Å²) < 4.78 is 27.3. The molecular formula is C15H14N2O4S. The van der Waals surface area contributed by atoms with E-state index in [1.54, 1.807) is 30.3 Å². The Hall–Kier alpha value is -2.51. The summed E-state index contributed by atoms with van der Waals surface area (Å²) in [5.41, 5.74) is 0.227. The molecule has 2 rings (SSSR count). The Labute approximate surface area is 128 Å². The van der Waals surface area contributed by atoms with Crippen molar-refractivity contribution in [3.63, 3.8) is 0 Å². The SMILES string of the molecule is C=C[C@H](NS(=O)(=O)c1ccccc1[N+](=O)[O-])c1ccccc1. The molecule has 0 heterocycles. The van der Waals surface area contributed by atoms with Gasteiger partial charge in [-0.1, -0.05) is 48.5 Å². The molecule has 0 aliphatic heterocycles. The molecule has 114 valence electrons. The van der Waals surface area contributed by atoms with Gasteiger partial charge in [0.05, 0.1) is 11.0 Å². The first-order valence-electron chi connectivity index (χ1n) is 6.39. The van der Waals surface area contributed by atoms with Crippen LogP contribution in [0.15, 0.2) is 72.1 Å². The van der Waals surface area contributed by atoms with Crippen molar-refractivity contribution in [3.05, 3.63) is 82.9 Å². The van der Waals surface area contributed by atoms with Gasteiger partial charge in [-0.2, -0.15) is 4.72 Å². The van der Waals surface area contributed by atoms with E-state index in [2.05, 4.69) is 11.3 Å². The van der Waals surface area contributed by atoms with Crippen molar-refractivity contribution < 1.29 is 13.3 Å². The summed E-state index contributed by atoms with van der Waals surface area (Å²) in [4.78, 5) is 9.89. The Kier molecular flexibility index (Phi) is 4.69. The molecule has 0 aliphatic carbocycles. The average molecular weight is 318 g/mol. The molecule has 2 aromatic carbocycles. The number of hydrogen-bond donors (Lipinski definition) is 1. The third-order valence-electron chi connectivity index (χ3n) is 3.03. The number of nitrogens with zero attached hydrogens (tertiary/aromatic N) is 1. The van der Waals surface area contributed by atoms with E-state index in [1.165, 1.54) is 24.3 Å². The highest BCUT2D eigenvalue weighted by atomic mass is 32.2. The summed E-state index contributed by atoms with van der Waals surface area (Å²) >= 11 is 0. The van der Waals surface area contributed by atoms with Crippen LogP contribution >= 0.6 is 0 Å². The van der Waals surface area contributed by atoms with Crippen LogP contribution in [0.4, 0.5) is 5.69 Å². The Morgan fingerprint density at radius 3 is 2.27 bits per heavy atom. The van der Waals surface area contributed by atoms with Gasteiger partial charge in [-0.25, -0.2) is 8.42 Å². The van der Waals surface area contributed by atoms with Gasteiger partial charge in [0, 0.05) is 6.07 Å². The lowest BCUT2D eigenvalue weighted by Gasteiger charge is -2.15. The monoisotopic (exact) mass is 318 g/mol. The molecule has 0 fully saturated rings. The molecule has 0 bridgehead atoms. The summed E-state index contributed by atoms with van der Waals surface area (Å²) in [6.45, 7) is 3.61. The normalized spacial score (nSPS) is 12.5. The summed E-state index contributed by atoms with van der Waals surface area (Å²) in [5.74, 6) is 0. The molecule has 0 radical (unpaired) electrons. The second-order valence-electron chi connectivity index (χ2n) is 4.47. The Balaban J connectivity index is 2.39. The quantitative estimate of drug-likeness (QED) is 0.504. The van der Waals surface area contributed by atoms with Crippen LogP contribution in [0, 0.1) is 10.1 Å². The van der Waals surface area contributed by atoms with Crippen molar-refractivity contribution >= 4 is 15.7 Å². The third-order valence-corrected chi connectivity index (χ3v) is 4.52. The lowest BCUT2D eigenvalue weighted by atomic mass is 10.1. The second-order valence-corrected chi connectivity index (χ2v) is 6.15. The van der Waals surface area contributed by atoms with Crippen LogP contribution in [0.25, 0.3) is 0 Å². The molecule has 6 nitrogen and oxygen atoms in total. The topological polar surface area (TPSA) is 89.3 Å². The third kappa shape index (κ3) is 3.38. The molecule has 0 saturated carbocycles. The first-order valence-corrected chi connectivity index (χ1v) is 7.87. The standard InChI is InChI=1S/C15H14N2O4S/c1-2-13(12-8-4-3-5-9-12)16-22(20,21)15-11-7-6-10-14(15)17(18)19/h2-11,13,16H,1H2/t13-/m0/s1. The maximum Gasteiger partial charge on any atom is 0.289 e. The van der Waals surface area contributed by atoms with Crippen LogP contribution in [0.1, 0.15) is 11.6 Å². The van der Waals surface area contributed by atoms with Crippen LogP contribution in [0.3, 0.4) is 0 Å². The van der Waals surface area contributed by atoms with Gasteiger partial charge in [0.2, 0.25) is 10.0 Å². The van der Waals surface area contributed by atoms with E-state index in [4.69, 9.17) is 0 Å².